The molecule has 1 heterocycles. The second-order valence-corrected chi connectivity index (χ2v) is 4.80. The van der Waals surface area contributed by atoms with E-state index in [1.807, 2.05) is 12.1 Å². The molecule has 2 nitrogen and oxygen atoms in total. The van der Waals surface area contributed by atoms with Crippen LogP contribution in [0.15, 0.2) is 18.2 Å². The molecular weight excluding hydrogens is 208 g/mol. The van der Waals surface area contributed by atoms with E-state index in [0.717, 1.165) is 17.9 Å². The van der Waals surface area contributed by atoms with Gasteiger partial charge < -0.3 is 9.47 Å². The van der Waals surface area contributed by atoms with Crippen LogP contribution < -0.4 is 9.47 Å². The predicted molar refractivity (Wildman–Crippen MR) is 64.2 cm³/mol. The molecule has 1 aromatic rings. The summed E-state index contributed by atoms with van der Waals surface area (Å²) in [7, 11) is 0. The highest BCUT2D eigenvalue weighted by Gasteiger charge is 2.32. The maximum absolute atomic E-state index is 5.87. The Morgan fingerprint density at radius 1 is 1.47 bits per heavy atom. The molecule has 0 saturated heterocycles. The van der Waals surface area contributed by atoms with Crippen LogP contribution in [-0.4, -0.2) is 18.0 Å². The van der Waals surface area contributed by atoms with Crippen LogP contribution in [0.1, 0.15) is 19.4 Å². The Balaban J connectivity index is 2.25. The Hall–Kier alpha value is -0.830. The second kappa shape index (κ2) is 3.97. The molecule has 15 heavy (non-hydrogen) atoms. The minimum atomic E-state index is -0.108. The van der Waals surface area contributed by atoms with Crippen molar-refractivity contribution in [1.82, 2.24) is 0 Å². The van der Waals surface area contributed by atoms with Gasteiger partial charge in [-0.1, -0.05) is 12.1 Å². The van der Waals surface area contributed by atoms with Crippen molar-refractivity contribution in [2.24, 2.45) is 0 Å². The van der Waals surface area contributed by atoms with Crippen molar-refractivity contribution < 1.29 is 9.47 Å². The van der Waals surface area contributed by atoms with Gasteiger partial charge >= 0.3 is 0 Å². The van der Waals surface area contributed by atoms with E-state index >= 15 is 0 Å². The molecule has 0 radical (unpaired) electrons. The SMILES string of the molecule is CC1(C)Cc2cccc(OCCS)c2O1. The van der Waals surface area contributed by atoms with Crippen LogP contribution in [0.5, 0.6) is 11.5 Å². The standard InChI is InChI=1S/C12H16O2S/c1-12(2)8-9-4-3-5-10(11(9)14-12)13-6-7-15/h3-5,15H,6-8H2,1-2H3. The van der Waals surface area contributed by atoms with Crippen molar-refractivity contribution in [2.45, 2.75) is 25.9 Å². The van der Waals surface area contributed by atoms with E-state index in [0.29, 0.717) is 12.4 Å². The van der Waals surface area contributed by atoms with Gasteiger partial charge in [-0.05, 0) is 19.9 Å². The highest BCUT2D eigenvalue weighted by atomic mass is 32.1. The lowest BCUT2D eigenvalue weighted by Crippen LogP contribution is -2.24. The van der Waals surface area contributed by atoms with Crippen molar-refractivity contribution in [3.05, 3.63) is 23.8 Å². The summed E-state index contributed by atoms with van der Waals surface area (Å²) in [6.45, 7) is 4.80. The van der Waals surface area contributed by atoms with Gasteiger partial charge in [0.05, 0.1) is 6.61 Å². The maximum atomic E-state index is 5.87. The third-order valence-electron chi connectivity index (χ3n) is 2.40. The lowest BCUT2D eigenvalue weighted by atomic mass is 10.0. The number of para-hydroxylation sites is 1. The normalized spacial score (nSPS) is 17.0. The molecule has 0 bridgehead atoms. The predicted octanol–water partition coefficient (Wildman–Crippen LogP) is 2.71. The van der Waals surface area contributed by atoms with Crippen molar-refractivity contribution in [3.63, 3.8) is 0 Å². The van der Waals surface area contributed by atoms with Crippen molar-refractivity contribution in [2.75, 3.05) is 12.4 Å². The molecule has 2 rings (SSSR count). The fourth-order valence-corrected chi connectivity index (χ4v) is 1.95. The first-order chi connectivity index (χ1) is 7.12. The number of benzene rings is 1. The van der Waals surface area contributed by atoms with Gasteiger partial charge in [0, 0.05) is 17.7 Å². The van der Waals surface area contributed by atoms with Gasteiger partial charge in [-0.15, -0.1) is 0 Å². The molecule has 0 atom stereocenters. The number of hydrogen-bond acceptors (Lipinski definition) is 3. The van der Waals surface area contributed by atoms with Crippen LogP contribution in [0.4, 0.5) is 0 Å². The molecule has 0 fully saturated rings. The van der Waals surface area contributed by atoms with Gasteiger partial charge in [0.15, 0.2) is 11.5 Å². The van der Waals surface area contributed by atoms with Gasteiger partial charge in [0.1, 0.15) is 5.60 Å². The van der Waals surface area contributed by atoms with Crippen LogP contribution in [0.3, 0.4) is 0 Å². The molecule has 1 aliphatic heterocycles. The van der Waals surface area contributed by atoms with Crippen LogP contribution in [0, 0.1) is 0 Å². The van der Waals surface area contributed by atoms with E-state index in [-0.39, 0.29) is 5.60 Å². The second-order valence-electron chi connectivity index (χ2n) is 4.35. The minimum Gasteiger partial charge on any atom is -0.489 e. The largest absolute Gasteiger partial charge is 0.489 e. The molecule has 3 heteroatoms. The Morgan fingerprint density at radius 2 is 2.27 bits per heavy atom. The fourth-order valence-electron chi connectivity index (χ4n) is 1.86. The molecule has 1 aliphatic rings. The molecular formula is C12H16O2S. The van der Waals surface area contributed by atoms with E-state index in [2.05, 4.69) is 32.5 Å². The lowest BCUT2D eigenvalue weighted by molar-refractivity contribution is 0.132. The molecule has 0 unspecified atom stereocenters. The summed E-state index contributed by atoms with van der Waals surface area (Å²) >= 11 is 4.12. The Labute approximate surface area is 96.0 Å². The summed E-state index contributed by atoms with van der Waals surface area (Å²) < 4.78 is 11.5. The van der Waals surface area contributed by atoms with Gasteiger partial charge in [0.2, 0.25) is 0 Å². The summed E-state index contributed by atoms with van der Waals surface area (Å²) in [5.41, 5.74) is 1.12. The monoisotopic (exact) mass is 224 g/mol. The zero-order chi connectivity index (χ0) is 10.9. The van der Waals surface area contributed by atoms with E-state index in [9.17, 15) is 0 Å². The molecule has 82 valence electrons. The van der Waals surface area contributed by atoms with Gasteiger partial charge in [-0.3, -0.25) is 0 Å². The Morgan fingerprint density at radius 3 is 3.00 bits per heavy atom. The van der Waals surface area contributed by atoms with Gasteiger partial charge in [-0.2, -0.15) is 12.6 Å². The molecule has 0 aromatic heterocycles. The van der Waals surface area contributed by atoms with Crippen molar-refractivity contribution >= 4 is 12.6 Å². The summed E-state index contributed by atoms with van der Waals surface area (Å²) in [5.74, 6) is 2.46. The Bertz CT molecular complexity index is 361. The fraction of sp³-hybridized carbons (Fsp3) is 0.500. The van der Waals surface area contributed by atoms with Gasteiger partial charge in [-0.25, -0.2) is 0 Å². The first-order valence-corrected chi connectivity index (χ1v) is 5.80. The van der Waals surface area contributed by atoms with Gasteiger partial charge in [0.25, 0.3) is 0 Å². The number of hydrogen-bond donors (Lipinski definition) is 1. The summed E-state index contributed by atoms with van der Waals surface area (Å²) in [5, 5.41) is 0. The molecule has 0 spiro atoms. The van der Waals surface area contributed by atoms with Crippen LogP contribution in [-0.2, 0) is 6.42 Å². The highest BCUT2D eigenvalue weighted by molar-refractivity contribution is 7.80. The average molecular weight is 224 g/mol. The van der Waals surface area contributed by atoms with E-state index in [1.165, 1.54) is 5.56 Å². The summed E-state index contributed by atoms with van der Waals surface area (Å²) in [4.78, 5) is 0. The van der Waals surface area contributed by atoms with E-state index in [1.54, 1.807) is 0 Å². The van der Waals surface area contributed by atoms with Crippen LogP contribution in [0.2, 0.25) is 0 Å². The van der Waals surface area contributed by atoms with Crippen molar-refractivity contribution in [3.8, 4) is 11.5 Å². The molecule has 0 aliphatic carbocycles. The number of fused-ring (bicyclic) bond motifs is 1. The number of thiol groups is 1. The molecule has 0 saturated carbocycles. The Kier molecular flexibility index (Phi) is 2.83. The first-order valence-electron chi connectivity index (χ1n) is 5.17. The van der Waals surface area contributed by atoms with Crippen LogP contribution >= 0.6 is 12.6 Å². The molecule has 0 amide bonds. The zero-order valence-corrected chi connectivity index (χ0v) is 10.0. The number of rotatable bonds is 3. The third-order valence-corrected chi connectivity index (χ3v) is 2.59. The van der Waals surface area contributed by atoms with E-state index in [4.69, 9.17) is 9.47 Å². The highest BCUT2D eigenvalue weighted by Crippen LogP contribution is 2.41. The summed E-state index contributed by atoms with van der Waals surface area (Å²) in [6.07, 6.45) is 0.945. The maximum Gasteiger partial charge on any atom is 0.165 e. The van der Waals surface area contributed by atoms with Crippen molar-refractivity contribution in [1.29, 1.82) is 0 Å². The minimum absolute atomic E-state index is 0.108. The molecule has 1 aromatic carbocycles. The molecule has 0 N–H and O–H groups in total. The smallest absolute Gasteiger partial charge is 0.165 e. The van der Waals surface area contributed by atoms with E-state index < -0.39 is 0 Å². The lowest BCUT2D eigenvalue weighted by Gasteiger charge is -2.18. The van der Waals surface area contributed by atoms with Crippen LogP contribution in [0.25, 0.3) is 0 Å². The topological polar surface area (TPSA) is 18.5 Å². The quantitative estimate of drug-likeness (QED) is 0.796. The first kappa shape index (κ1) is 10.7. The zero-order valence-electron chi connectivity index (χ0n) is 9.12. The third kappa shape index (κ3) is 2.23. The number of ether oxygens (including phenoxy) is 2. The average Bonchev–Trinajstić information content (AvgIpc) is 2.49. The summed E-state index contributed by atoms with van der Waals surface area (Å²) in [6, 6.07) is 6.05.